The van der Waals surface area contributed by atoms with Gasteiger partial charge in [-0.1, -0.05) is 0 Å². The van der Waals surface area contributed by atoms with Crippen LogP contribution in [0.4, 0.5) is 17.3 Å². The predicted molar refractivity (Wildman–Crippen MR) is 94.8 cm³/mol. The molecule has 0 aliphatic carbocycles. The summed E-state index contributed by atoms with van der Waals surface area (Å²) >= 11 is 0. The number of aromatic nitrogens is 3. The molecule has 2 aromatic heterocycles. The van der Waals surface area contributed by atoms with Crippen molar-refractivity contribution in [2.75, 3.05) is 30.8 Å². The van der Waals surface area contributed by atoms with Gasteiger partial charge in [0.25, 0.3) is 5.91 Å². The summed E-state index contributed by atoms with van der Waals surface area (Å²) in [5.74, 6) is 1.37. The van der Waals surface area contributed by atoms with E-state index in [2.05, 4.69) is 32.1 Å². The summed E-state index contributed by atoms with van der Waals surface area (Å²) in [7, 11) is 1.77. The van der Waals surface area contributed by atoms with Gasteiger partial charge in [-0.05, 0) is 12.1 Å². The van der Waals surface area contributed by atoms with Crippen LogP contribution in [0.3, 0.4) is 0 Å². The number of benzene rings is 1. The van der Waals surface area contributed by atoms with E-state index in [1.54, 1.807) is 35.8 Å². The van der Waals surface area contributed by atoms with Crippen molar-refractivity contribution in [3.05, 3.63) is 41.6 Å². The first-order valence-electron chi connectivity index (χ1n) is 7.98. The molecule has 1 aliphatic rings. The number of anilines is 3. The van der Waals surface area contributed by atoms with E-state index in [0.717, 1.165) is 5.69 Å². The summed E-state index contributed by atoms with van der Waals surface area (Å²) in [6.07, 6.45) is 1.48. The lowest BCUT2D eigenvalue weighted by Gasteiger charge is -2.12. The maximum atomic E-state index is 12.5. The lowest BCUT2D eigenvalue weighted by Crippen LogP contribution is -2.28. The van der Waals surface area contributed by atoms with Gasteiger partial charge < -0.3 is 20.7 Å². The topological polar surface area (TPSA) is 116 Å². The highest BCUT2D eigenvalue weighted by molar-refractivity contribution is 6.00. The standard InChI is InChI=1S/C17H15N7O2/c1-19-15-7-14-22-11-3-2-10(8-18)13(6-11)26-5-4-20-17(25)12-9-21-24(15)16(12)23-14/h2-3,6-7,9,19H,4-5H2,1H3,(H,20,25)(H,22,23). The van der Waals surface area contributed by atoms with Crippen LogP contribution in [0.15, 0.2) is 30.5 Å². The fourth-order valence-electron chi connectivity index (χ4n) is 2.75. The van der Waals surface area contributed by atoms with E-state index in [9.17, 15) is 10.1 Å². The Hall–Kier alpha value is -3.80. The van der Waals surface area contributed by atoms with Crippen molar-refractivity contribution in [3.63, 3.8) is 0 Å². The molecule has 4 rings (SSSR count). The van der Waals surface area contributed by atoms with Crippen molar-refractivity contribution < 1.29 is 9.53 Å². The first-order chi connectivity index (χ1) is 12.7. The molecule has 1 aromatic carbocycles. The molecule has 3 N–H and O–H groups in total. The minimum absolute atomic E-state index is 0.237. The normalized spacial score (nSPS) is 13.5. The zero-order chi connectivity index (χ0) is 18.1. The molecule has 1 aliphatic heterocycles. The molecule has 0 saturated heterocycles. The largest absolute Gasteiger partial charge is 0.490 e. The van der Waals surface area contributed by atoms with Gasteiger partial charge in [0.2, 0.25) is 0 Å². The molecule has 1 amide bonds. The molecule has 0 atom stereocenters. The minimum atomic E-state index is -0.290. The van der Waals surface area contributed by atoms with Crippen molar-refractivity contribution in [3.8, 4) is 11.8 Å². The SMILES string of the molecule is CNc1cc2nc3c(cnn13)C(=O)NCCOc1cc(ccc1C#N)N2. The van der Waals surface area contributed by atoms with Gasteiger partial charge in [-0.25, -0.2) is 4.98 Å². The Kier molecular flexibility index (Phi) is 3.78. The van der Waals surface area contributed by atoms with E-state index in [-0.39, 0.29) is 19.1 Å². The first-order valence-corrected chi connectivity index (χ1v) is 7.98. The molecule has 0 spiro atoms. The molecule has 9 nitrogen and oxygen atoms in total. The van der Waals surface area contributed by atoms with Gasteiger partial charge in [0.15, 0.2) is 5.65 Å². The summed E-state index contributed by atoms with van der Waals surface area (Å²) in [4.78, 5) is 17.0. The number of carbonyl (C=O) groups excluding carboxylic acids is 1. The highest BCUT2D eigenvalue weighted by Crippen LogP contribution is 2.27. The fourth-order valence-corrected chi connectivity index (χ4v) is 2.75. The maximum Gasteiger partial charge on any atom is 0.256 e. The van der Waals surface area contributed by atoms with Gasteiger partial charge in [0, 0.05) is 24.9 Å². The van der Waals surface area contributed by atoms with E-state index >= 15 is 0 Å². The lowest BCUT2D eigenvalue weighted by molar-refractivity contribution is 0.0948. The van der Waals surface area contributed by atoms with Crippen molar-refractivity contribution in [1.29, 1.82) is 5.26 Å². The molecule has 0 radical (unpaired) electrons. The van der Waals surface area contributed by atoms with E-state index < -0.39 is 0 Å². The third-order valence-electron chi connectivity index (χ3n) is 3.99. The second kappa shape index (κ2) is 6.25. The molecule has 4 bridgehead atoms. The summed E-state index contributed by atoms with van der Waals surface area (Å²) < 4.78 is 7.23. The number of rotatable bonds is 1. The average molecular weight is 349 g/mol. The van der Waals surface area contributed by atoms with Crippen LogP contribution in [0.25, 0.3) is 5.65 Å². The summed E-state index contributed by atoms with van der Waals surface area (Å²) in [6.45, 7) is 0.526. The number of hydrogen-bond acceptors (Lipinski definition) is 7. The van der Waals surface area contributed by atoms with Crippen LogP contribution in [0.2, 0.25) is 0 Å². The Morgan fingerprint density at radius 2 is 2.27 bits per heavy atom. The Bertz CT molecular complexity index is 1050. The monoisotopic (exact) mass is 349 g/mol. The van der Waals surface area contributed by atoms with Gasteiger partial charge in [-0.15, -0.1) is 0 Å². The molecule has 0 unspecified atom stereocenters. The van der Waals surface area contributed by atoms with Crippen LogP contribution in [-0.4, -0.2) is 40.7 Å². The number of hydrogen-bond donors (Lipinski definition) is 3. The number of nitriles is 1. The fraction of sp³-hybridized carbons (Fsp3) is 0.176. The number of amides is 1. The summed E-state index contributed by atoms with van der Waals surface area (Å²) in [6, 6.07) is 9.07. The molecule has 130 valence electrons. The number of nitrogens with zero attached hydrogens (tertiary/aromatic N) is 4. The van der Waals surface area contributed by atoms with Gasteiger partial charge in [-0.3, -0.25) is 4.79 Å². The third kappa shape index (κ3) is 2.63. The van der Waals surface area contributed by atoms with Gasteiger partial charge in [0.1, 0.15) is 35.6 Å². The van der Waals surface area contributed by atoms with Crippen molar-refractivity contribution in [1.82, 2.24) is 19.9 Å². The molecule has 26 heavy (non-hydrogen) atoms. The van der Waals surface area contributed by atoms with Crippen molar-refractivity contribution >= 4 is 28.9 Å². The Balaban J connectivity index is 1.88. The second-order valence-electron chi connectivity index (χ2n) is 5.62. The predicted octanol–water partition coefficient (Wildman–Crippen LogP) is 1.51. The average Bonchev–Trinajstić information content (AvgIpc) is 3.08. The second-order valence-corrected chi connectivity index (χ2v) is 5.62. The van der Waals surface area contributed by atoms with E-state index in [4.69, 9.17) is 4.74 Å². The summed E-state index contributed by atoms with van der Waals surface area (Å²) in [5.41, 5.74) is 1.95. The van der Waals surface area contributed by atoms with Gasteiger partial charge in [-0.2, -0.15) is 14.9 Å². The highest BCUT2D eigenvalue weighted by atomic mass is 16.5. The molecular weight excluding hydrogens is 334 g/mol. The zero-order valence-corrected chi connectivity index (χ0v) is 13.9. The molecule has 3 aromatic rings. The van der Waals surface area contributed by atoms with Crippen LogP contribution >= 0.6 is 0 Å². The number of carbonyl (C=O) groups is 1. The molecule has 0 fully saturated rings. The van der Waals surface area contributed by atoms with Gasteiger partial charge in [0.05, 0.1) is 18.3 Å². The Morgan fingerprint density at radius 3 is 3.08 bits per heavy atom. The Morgan fingerprint density at radius 1 is 1.38 bits per heavy atom. The van der Waals surface area contributed by atoms with Crippen LogP contribution < -0.4 is 20.7 Å². The van der Waals surface area contributed by atoms with Crippen LogP contribution in [-0.2, 0) is 0 Å². The quantitative estimate of drug-likeness (QED) is 0.610. The van der Waals surface area contributed by atoms with E-state index in [1.165, 1.54) is 6.20 Å². The first kappa shape index (κ1) is 15.7. The smallest absolute Gasteiger partial charge is 0.256 e. The third-order valence-corrected chi connectivity index (χ3v) is 3.99. The Labute approximate surface area is 148 Å². The molecular formula is C17H15N7O2. The minimum Gasteiger partial charge on any atom is -0.490 e. The van der Waals surface area contributed by atoms with Crippen molar-refractivity contribution in [2.45, 2.75) is 0 Å². The highest BCUT2D eigenvalue weighted by Gasteiger charge is 2.18. The number of ether oxygens (including phenoxy) is 1. The molecule has 3 heterocycles. The van der Waals surface area contributed by atoms with E-state index in [0.29, 0.717) is 34.2 Å². The van der Waals surface area contributed by atoms with Crippen LogP contribution in [0, 0.1) is 11.3 Å². The maximum absolute atomic E-state index is 12.5. The van der Waals surface area contributed by atoms with Crippen LogP contribution in [0.5, 0.6) is 5.75 Å². The lowest BCUT2D eigenvalue weighted by atomic mass is 10.2. The van der Waals surface area contributed by atoms with Gasteiger partial charge >= 0.3 is 0 Å². The van der Waals surface area contributed by atoms with E-state index in [1.807, 2.05) is 0 Å². The molecule has 0 saturated carbocycles. The zero-order valence-electron chi connectivity index (χ0n) is 13.9. The number of nitrogens with one attached hydrogen (secondary N) is 3. The summed E-state index contributed by atoms with van der Waals surface area (Å²) in [5, 5.41) is 22.5. The number of fused-ring (bicyclic) bond motifs is 3. The van der Waals surface area contributed by atoms with Crippen LogP contribution in [0.1, 0.15) is 15.9 Å². The van der Waals surface area contributed by atoms with Crippen molar-refractivity contribution in [2.24, 2.45) is 0 Å². The molecule has 9 heteroatoms.